The number of halogens is 1. The number of nitrogens with zero attached hydrogens (tertiary/aromatic N) is 2. The van der Waals surface area contributed by atoms with Crippen LogP contribution in [0.25, 0.3) is 0 Å². The molecule has 0 aliphatic carbocycles. The van der Waals surface area contributed by atoms with Crippen molar-refractivity contribution in [2.45, 2.75) is 18.4 Å². The molecule has 1 fully saturated rings. The molecule has 8 heteroatoms. The first-order chi connectivity index (χ1) is 12.6. The van der Waals surface area contributed by atoms with E-state index in [0.29, 0.717) is 0 Å². The van der Waals surface area contributed by atoms with Crippen LogP contribution >= 0.6 is 35.6 Å². The Kier molecular flexibility index (Phi) is 7.19. The number of quaternary nitrogens is 1. The normalized spacial score (nSPS) is 15.2. The Bertz CT molecular complexity index is 714. The van der Waals surface area contributed by atoms with E-state index in [1.165, 1.54) is 9.80 Å². The number of rotatable bonds is 6. The fourth-order valence-corrected chi connectivity index (χ4v) is 4.11. The van der Waals surface area contributed by atoms with Crippen molar-refractivity contribution in [1.29, 1.82) is 0 Å². The lowest BCUT2D eigenvalue weighted by Gasteiger charge is -2.33. The van der Waals surface area contributed by atoms with Gasteiger partial charge in [-0.2, -0.15) is 0 Å². The van der Waals surface area contributed by atoms with Crippen LogP contribution in [0, 0.1) is 6.92 Å². The molecular formula is C18H24ClN4OS2+. The van der Waals surface area contributed by atoms with E-state index in [4.69, 9.17) is 28.3 Å². The zero-order chi connectivity index (χ0) is 18.4. The number of piperazine rings is 1. The van der Waals surface area contributed by atoms with Crippen LogP contribution in [0.4, 0.5) is 0 Å². The molecule has 0 spiro atoms. The van der Waals surface area contributed by atoms with Crippen LogP contribution in [0.3, 0.4) is 0 Å². The molecule has 0 unspecified atom stereocenters. The summed E-state index contributed by atoms with van der Waals surface area (Å²) < 4.78 is 5.14. The van der Waals surface area contributed by atoms with Crippen molar-refractivity contribution in [3.05, 3.63) is 46.8 Å². The highest BCUT2D eigenvalue weighted by Gasteiger charge is 2.22. The Balaban J connectivity index is 1.32. The third-order valence-electron chi connectivity index (χ3n) is 4.33. The first-order valence-electron chi connectivity index (χ1n) is 8.77. The quantitative estimate of drug-likeness (QED) is 0.430. The van der Waals surface area contributed by atoms with E-state index < -0.39 is 0 Å². The van der Waals surface area contributed by atoms with Crippen molar-refractivity contribution in [1.82, 2.24) is 15.4 Å². The average molecular weight is 412 g/mol. The molecule has 2 aromatic rings. The van der Waals surface area contributed by atoms with Crippen LogP contribution in [-0.2, 0) is 6.54 Å². The van der Waals surface area contributed by atoms with Gasteiger partial charge in [-0.05, 0) is 43.4 Å². The van der Waals surface area contributed by atoms with E-state index in [-0.39, 0.29) is 0 Å². The second kappa shape index (κ2) is 9.60. The van der Waals surface area contributed by atoms with E-state index in [0.717, 1.165) is 66.6 Å². The van der Waals surface area contributed by atoms with Gasteiger partial charge in [-0.1, -0.05) is 16.8 Å². The molecule has 5 nitrogen and oxygen atoms in total. The number of benzene rings is 1. The smallest absolute Gasteiger partial charge is 0.169 e. The Hall–Kier alpha value is -1.28. The van der Waals surface area contributed by atoms with Gasteiger partial charge in [0.05, 0.1) is 26.2 Å². The monoisotopic (exact) mass is 411 g/mol. The number of hydrogen-bond acceptors (Lipinski definition) is 4. The summed E-state index contributed by atoms with van der Waals surface area (Å²) in [6, 6.07) is 9.95. The summed E-state index contributed by atoms with van der Waals surface area (Å²) >= 11 is 13.2. The standard InChI is InChI=1S/C18H23ClN4OS2/c1-14-12-16(21-24-14)13-22-7-9-23(10-8-22)18(25)20-6-11-26-17-4-2-15(19)3-5-17/h2-5,12H,6-11,13H2,1H3,(H,20,25)/p+1. The summed E-state index contributed by atoms with van der Waals surface area (Å²) in [5.41, 5.74) is 1.03. The fourth-order valence-electron chi connectivity index (χ4n) is 2.93. The van der Waals surface area contributed by atoms with E-state index in [9.17, 15) is 0 Å². The third kappa shape index (κ3) is 5.87. The van der Waals surface area contributed by atoms with Crippen molar-refractivity contribution >= 4 is 40.7 Å². The molecule has 2 N–H and O–H groups in total. The summed E-state index contributed by atoms with van der Waals surface area (Å²) in [6.45, 7) is 7.78. The molecule has 0 saturated carbocycles. The van der Waals surface area contributed by atoms with Crippen molar-refractivity contribution in [2.75, 3.05) is 38.5 Å². The maximum Gasteiger partial charge on any atom is 0.169 e. The minimum atomic E-state index is 0.772. The molecule has 1 aromatic carbocycles. The first kappa shape index (κ1) is 19.5. The molecule has 140 valence electrons. The summed E-state index contributed by atoms with van der Waals surface area (Å²) in [5.74, 6) is 1.85. The number of thioether (sulfide) groups is 1. The Morgan fingerprint density at radius 1 is 1.35 bits per heavy atom. The van der Waals surface area contributed by atoms with Crippen molar-refractivity contribution in [3.63, 3.8) is 0 Å². The van der Waals surface area contributed by atoms with E-state index in [1.54, 1.807) is 11.8 Å². The summed E-state index contributed by atoms with van der Waals surface area (Å²) in [6.07, 6.45) is 0. The molecule has 0 radical (unpaired) electrons. The molecule has 1 saturated heterocycles. The molecule has 3 rings (SSSR count). The minimum Gasteiger partial charge on any atom is -0.362 e. The van der Waals surface area contributed by atoms with Crippen molar-refractivity contribution < 1.29 is 9.42 Å². The Morgan fingerprint density at radius 2 is 2.08 bits per heavy atom. The summed E-state index contributed by atoms with van der Waals surface area (Å²) in [4.78, 5) is 5.01. The van der Waals surface area contributed by atoms with Crippen LogP contribution in [0.5, 0.6) is 0 Å². The van der Waals surface area contributed by atoms with Gasteiger partial charge in [-0.25, -0.2) is 0 Å². The highest BCUT2D eigenvalue weighted by atomic mass is 35.5. The van der Waals surface area contributed by atoms with Gasteiger partial charge in [-0.15, -0.1) is 11.8 Å². The molecule has 0 amide bonds. The van der Waals surface area contributed by atoms with Crippen molar-refractivity contribution in [2.24, 2.45) is 0 Å². The fraction of sp³-hybridized carbons (Fsp3) is 0.444. The largest absolute Gasteiger partial charge is 0.362 e. The number of nitrogens with one attached hydrogen (secondary N) is 2. The second-order valence-corrected chi connectivity index (χ2v) is 8.37. The van der Waals surface area contributed by atoms with Gasteiger partial charge in [0, 0.05) is 28.3 Å². The highest BCUT2D eigenvalue weighted by Crippen LogP contribution is 2.19. The number of thiocarbonyl (C=S) groups is 1. The highest BCUT2D eigenvalue weighted by molar-refractivity contribution is 7.99. The van der Waals surface area contributed by atoms with Gasteiger partial charge < -0.3 is 19.6 Å². The maximum atomic E-state index is 5.90. The lowest BCUT2D eigenvalue weighted by Crippen LogP contribution is -3.13. The molecule has 0 bridgehead atoms. The van der Waals surface area contributed by atoms with Crippen LogP contribution in [0.1, 0.15) is 11.5 Å². The molecule has 0 atom stereocenters. The van der Waals surface area contributed by atoms with Gasteiger partial charge in [0.15, 0.2) is 5.11 Å². The lowest BCUT2D eigenvalue weighted by atomic mass is 10.3. The van der Waals surface area contributed by atoms with E-state index in [2.05, 4.69) is 15.4 Å². The SMILES string of the molecule is Cc1cc(C[NH+]2CCN(C(=S)NCCSc3ccc(Cl)cc3)CC2)no1. The van der Waals surface area contributed by atoms with Gasteiger partial charge >= 0.3 is 0 Å². The molecule has 2 heterocycles. The zero-order valence-electron chi connectivity index (χ0n) is 14.8. The first-order valence-corrected chi connectivity index (χ1v) is 10.5. The zero-order valence-corrected chi connectivity index (χ0v) is 17.2. The maximum absolute atomic E-state index is 5.90. The van der Waals surface area contributed by atoms with Crippen LogP contribution in [0.15, 0.2) is 39.8 Å². The lowest BCUT2D eigenvalue weighted by molar-refractivity contribution is -0.917. The topological polar surface area (TPSA) is 45.7 Å². The summed E-state index contributed by atoms with van der Waals surface area (Å²) in [7, 11) is 0. The molecule has 26 heavy (non-hydrogen) atoms. The Morgan fingerprint density at radius 3 is 2.73 bits per heavy atom. The van der Waals surface area contributed by atoms with Crippen molar-refractivity contribution in [3.8, 4) is 0 Å². The second-order valence-electron chi connectivity index (χ2n) is 6.38. The van der Waals surface area contributed by atoms with E-state index in [1.807, 2.05) is 37.3 Å². The third-order valence-corrected chi connectivity index (χ3v) is 5.99. The molecule has 1 aromatic heterocycles. The Labute approximate surface area is 169 Å². The molecule has 1 aliphatic heterocycles. The van der Waals surface area contributed by atoms with Gasteiger partial charge in [0.25, 0.3) is 0 Å². The predicted octanol–water partition coefficient (Wildman–Crippen LogP) is 2.00. The van der Waals surface area contributed by atoms with Gasteiger partial charge in [0.1, 0.15) is 18.0 Å². The minimum absolute atomic E-state index is 0.772. The van der Waals surface area contributed by atoms with E-state index >= 15 is 0 Å². The molecule has 1 aliphatic rings. The van der Waals surface area contributed by atoms with Gasteiger partial charge in [0.2, 0.25) is 0 Å². The van der Waals surface area contributed by atoms with Gasteiger partial charge in [-0.3, -0.25) is 0 Å². The summed E-state index contributed by atoms with van der Waals surface area (Å²) in [5, 5.41) is 9.09. The predicted molar refractivity (Wildman–Crippen MR) is 110 cm³/mol. The average Bonchev–Trinajstić information content (AvgIpc) is 3.05. The van der Waals surface area contributed by atoms with Crippen LogP contribution in [-0.4, -0.2) is 53.6 Å². The van der Waals surface area contributed by atoms with Crippen LogP contribution in [0.2, 0.25) is 5.02 Å². The number of aryl methyl sites for hydroxylation is 1. The van der Waals surface area contributed by atoms with Crippen LogP contribution < -0.4 is 10.2 Å². The number of hydrogen-bond donors (Lipinski definition) is 2. The number of aromatic nitrogens is 1. The molecular weight excluding hydrogens is 388 g/mol.